The fourth-order valence-corrected chi connectivity index (χ4v) is 5.80. The summed E-state index contributed by atoms with van der Waals surface area (Å²) < 4.78 is 37.2. The van der Waals surface area contributed by atoms with E-state index >= 15 is 0 Å². The number of carbonyl (C=O) groups is 3. The molecule has 1 saturated heterocycles. The molecule has 4 heterocycles. The van der Waals surface area contributed by atoms with Gasteiger partial charge in [0.2, 0.25) is 11.5 Å². The lowest BCUT2D eigenvalue weighted by atomic mass is 10.0. The molecule has 1 fully saturated rings. The maximum Gasteiger partial charge on any atom is 0.352 e. The minimum atomic E-state index is -4.47. The maximum atomic E-state index is 12.8. The highest BCUT2D eigenvalue weighted by Gasteiger charge is 2.54. The molecule has 0 aliphatic carbocycles. The molecule has 15 nitrogen and oxygen atoms in total. The molecule has 18 heteroatoms. The van der Waals surface area contributed by atoms with Crippen LogP contribution < -0.4 is 15.6 Å². The first kappa shape index (κ1) is 24.5. The number of nitrogen functional groups attached to an aromatic ring is 1. The molecular formula is C17H16N7O8S3+. The Bertz CT molecular complexity index is 1400. The number of β-lactam (4-membered cyclic amide) rings is 1. The largest absolute Gasteiger partial charge is 0.477 e. The summed E-state index contributed by atoms with van der Waals surface area (Å²) in [4.78, 5) is 41.8. The minimum Gasteiger partial charge on any atom is -0.477 e. The van der Waals surface area contributed by atoms with Crippen LogP contribution in [0.2, 0.25) is 0 Å². The highest BCUT2D eigenvalue weighted by atomic mass is 32.2. The lowest BCUT2D eigenvalue weighted by Crippen LogP contribution is -2.71. The zero-order chi connectivity index (χ0) is 25.5. The van der Waals surface area contributed by atoms with Crippen LogP contribution in [0.3, 0.4) is 0 Å². The predicted octanol–water partition coefficient (Wildman–Crippen LogP) is -1.73. The van der Waals surface area contributed by atoms with Crippen LogP contribution in [0.15, 0.2) is 45.8 Å². The second kappa shape index (κ2) is 9.21. The number of nitrogens with one attached hydrogen (secondary N) is 1. The van der Waals surface area contributed by atoms with Crippen molar-refractivity contribution < 1.29 is 42.2 Å². The van der Waals surface area contributed by atoms with E-state index in [9.17, 15) is 37.7 Å². The smallest absolute Gasteiger partial charge is 0.352 e. The van der Waals surface area contributed by atoms with Crippen LogP contribution in [-0.2, 0) is 31.0 Å². The Hall–Kier alpha value is -3.61. The van der Waals surface area contributed by atoms with Crippen molar-refractivity contribution in [3.05, 3.63) is 41.6 Å². The molecule has 0 saturated carbocycles. The topological polar surface area (TPSA) is 229 Å². The van der Waals surface area contributed by atoms with E-state index in [1.54, 1.807) is 0 Å². The van der Waals surface area contributed by atoms with Gasteiger partial charge in [0.1, 0.15) is 17.1 Å². The third kappa shape index (κ3) is 4.67. The summed E-state index contributed by atoms with van der Waals surface area (Å²) in [5.74, 6) is -3.12. The lowest BCUT2D eigenvalue weighted by Gasteiger charge is -2.49. The summed E-state index contributed by atoms with van der Waals surface area (Å²) in [5.41, 5.74) is 4.93. The van der Waals surface area contributed by atoms with E-state index in [1.807, 2.05) is 0 Å². The number of thioether (sulfide) groups is 1. The molecule has 6 N–H and O–H groups in total. The van der Waals surface area contributed by atoms with E-state index in [4.69, 9.17) is 5.73 Å². The number of nitrogens with zero attached hydrogens (tertiary/aromatic N) is 5. The first-order valence-electron chi connectivity index (χ1n) is 9.50. The quantitative estimate of drug-likeness (QED) is 0.0656. The number of amides is 2. The van der Waals surface area contributed by atoms with Crippen molar-refractivity contribution in [2.24, 2.45) is 5.16 Å². The number of aliphatic carboxylic acids is 1. The van der Waals surface area contributed by atoms with Crippen LogP contribution in [0.1, 0.15) is 5.82 Å². The first-order valence-corrected chi connectivity index (χ1v) is 12.8. The Morgan fingerprint density at radius 3 is 2.74 bits per heavy atom. The molecule has 0 unspecified atom stereocenters. The Kier molecular flexibility index (Phi) is 6.45. The number of fused-ring (bicyclic) bond motifs is 1. The van der Waals surface area contributed by atoms with Gasteiger partial charge >= 0.3 is 5.97 Å². The molecule has 2 amide bonds. The SMILES string of the molecule is Nc1nc(/C(=N/O)C(=O)N[C@@H]2C(=O)N3C(C(=O)O)=C(C[n+]4cccc(S(=O)(=O)O)c4)CS[C@@H]23)ns1. The molecule has 2 atom stereocenters. The van der Waals surface area contributed by atoms with Gasteiger partial charge in [-0.3, -0.25) is 19.0 Å². The van der Waals surface area contributed by atoms with E-state index < -0.39 is 45.0 Å². The first-order chi connectivity index (χ1) is 16.5. The van der Waals surface area contributed by atoms with Gasteiger partial charge in [-0.05, 0) is 6.07 Å². The molecule has 35 heavy (non-hydrogen) atoms. The average molecular weight is 543 g/mol. The van der Waals surface area contributed by atoms with Crippen LogP contribution >= 0.6 is 23.3 Å². The van der Waals surface area contributed by atoms with Gasteiger partial charge in [-0.25, -0.2) is 4.79 Å². The highest BCUT2D eigenvalue weighted by molar-refractivity contribution is 8.00. The van der Waals surface area contributed by atoms with Crippen molar-refractivity contribution in [1.29, 1.82) is 0 Å². The molecule has 0 spiro atoms. The minimum absolute atomic E-state index is 0.0337. The normalized spacial score (nSPS) is 20.3. The monoisotopic (exact) mass is 542 g/mol. The standard InChI is InChI=1S/C17H15N7O8S3/c18-17-20-12(22-34-17)9(21-29)13(25)19-10-14(26)24-11(16(27)28)7(6-33-15(10)24)4-23-3-1-2-8(5-23)35(30,31)32/h1-3,5,10,15H,4,6H2,(H5-,18,19,20,22,25,27,28,29,30,31,32)/p+1/t10-,15+/m1/s1. The summed E-state index contributed by atoms with van der Waals surface area (Å²) in [6, 6.07) is 1.44. The maximum absolute atomic E-state index is 12.8. The molecule has 184 valence electrons. The van der Waals surface area contributed by atoms with Crippen molar-refractivity contribution in [3.8, 4) is 0 Å². The molecule has 4 rings (SSSR count). The van der Waals surface area contributed by atoms with E-state index in [0.717, 1.165) is 22.6 Å². The van der Waals surface area contributed by atoms with E-state index in [0.29, 0.717) is 5.57 Å². The van der Waals surface area contributed by atoms with Crippen molar-refractivity contribution in [1.82, 2.24) is 19.6 Å². The number of carboxylic acids is 1. The summed E-state index contributed by atoms with van der Waals surface area (Å²) in [6.07, 6.45) is 2.61. The Balaban J connectivity index is 1.55. The van der Waals surface area contributed by atoms with Gasteiger partial charge in [-0.2, -0.15) is 22.3 Å². The van der Waals surface area contributed by atoms with Gasteiger partial charge in [0.25, 0.3) is 21.9 Å². The Labute approximate surface area is 204 Å². The van der Waals surface area contributed by atoms with Gasteiger partial charge in [0.15, 0.2) is 29.0 Å². The number of hydrogen-bond donors (Lipinski definition) is 5. The molecule has 2 aliphatic heterocycles. The number of aromatic nitrogens is 3. The van der Waals surface area contributed by atoms with Gasteiger partial charge in [-0.15, -0.1) is 11.8 Å². The third-order valence-corrected chi connectivity index (χ3v) is 7.73. The second-order valence-corrected chi connectivity index (χ2v) is 10.5. The molecule has 0 aromatic carbocycles. The summed E-state index contributed by atoms with van der Waals surface area (Å²) in [6.45, 7) is -0.0657. The molecule has 2 aromatic heterocycles. The number of pyridine rings is 1. The zero-order valence-corrected chi connectivity index (χ0v) is 19.7. The summed E-state index contributed by atoms with van der Waals surface area (Å²) in [7, 11) is -4.47. The Morgan fingerprint density at radius 1 is 1.40 bits per heavy atom. The van der Waals surface area contributed by atoms with Gasteiger partial charge in [-0.1, -0.05) is 5.16 Å². The number of oxime groups is 1. The molecule has 0 radical (unpaired) electrons. The van der Waals surface area contributed by atoms with Crippen LogP contribution in [0.5, 0.6) is 0 Å². The van der Waals surface area contributed by atoms with Gasteiger partial charge in [0, 0.05) is 28.9 Å². The lowest BCUT2D eigenvalue weighted by molar-refractivity contribution is -0.690. The molecule has 2 aliphatic rings. The zero-order valence-electron chi connectivity index (χ0n) is 17.3. The fraction of sp³-hybridized carbons (Fsp3) is 0.235. The number of rotatable bonds is 7. The van der Waals surface area contributed by atoms with E-state index in [2.05, 4.69) is 19.8 Å². The number of carbonyl (C=O) groups excluding carboxylic acids is 2. The second-order valence-electron chi connectivity index (χ2n) is 7.21. The average Bonchev–Trinajstić information content (AvgIpc) is 3.22. The predicted molar refractivity (Wildman–Crippen MR) is 119 cm³/mol. The van der Waals surface area contributed by atoms with Crippen molar-refractivity contribution in [3.63, 3.8) is 0 Å². The van der Waals surface area contributed by atoms with Gasteiger partial charge < -0.3 is 21.4 Å². The highest BCUT2D eigenvalue weighted by Crippen LogP contribution is 2.40. The summed E-state index contributed by atoms with van der Waals surface area (Å²) in [5, 5.41) is 23.5. The Morgan fingerprint density at radius 2 is 2.14 bits per heavy atom. The number of carboxylic acid groups (broad SMARTS) is 1. The van der Waals surface area contributed by atoms with E-state index in [1.165, 1.54) is 34.7 Å². The van der Waals surface area contributed by atoms with Crippen LogP contribution in [0.25, 0.3) is 0 Å². The summed E-state index contributed by atoms with van der Waals surface area (Å²) >= 11 is 1.96. The fourth-order valence-electron chi connectivity index (χ4n) is 3.51. The van der Waals surface area contributed by atoms with Gasteiger partial charge in [0.05, 0.1) is 0 Å². The number of hydrogen-bond acceptors (Lipinski definition) is 12. The van der Waals surface area contributed by atoms with E-state index in [-0.39, 0.29) is 33.8 Å². The molecule has 0 bridgehead atoms. The van der Waals surface area contributed by atoms with Crippen LogP contribution in [0.4, 0.5) is 5.13 Å². The van der Waals surface area contributed by atoms with Crippen LogP contribution in [0, 0.1) is 0 Å². The number of anilines is 1. The van der Waals surface area contributed by atoms with Crippen molar-refractivity contribution in [2.45, 2.75) is 22.9 Å². The molecular weight excluding hydrogens is 526 g/mol. The van der Waals surface area contributed by atoms with Crippen molar-refractivity contribution >= 4 is 62.0 Å². The van der Waals surface area contributed by atoms with Crippen molar-refractivity contribution in [2.75, 3.05) is 11.5 Å². The third-order valence-electron chi connectivity index (χ3n) is 5.01. The number of nitrogens with two attached hydrogens (primary N) is 1. The molecule has 2 aromatic rings. The van der Waals surface area contributed by atoms with Crippen LogP contribution in [-0.4, -0.2) is 78.2 Å².